The Hall–Kier alpha value is -3.52. The molecule has 6 heteroatoms. The van der Waals surface area contributed by atoms with Crippen LogP contribution in [0.1, 0.15) is 16.7 Å². The predicted molar refractivity (Wildman–Crippen MR) is 151 cm³/mol. The van der Waals surface area contributed by atoms with E-state index in [0.717, 1.165) is 22.4 Å². The fourth-order valence-electron chi connectivity index (χ4n) is 4.73. The van der Waals surface area contributed by atoms with Gasteiger partial charge in [0.1, 0.15) is 24.4 Å². The number of anilines is 1. The van der Waals surface area contributed by atoms with Crippen LogP contribution in [0.15, 0.2) is 121 Å². The predicted octanol–water partition coefficient (Wildman–Crippen LogP) is 5.57. The maximum Gasteiger partial charge on any atom is 0.178 e. The highest BCUT2D eigenvalue weighted by molar-refractivity contribution is 5.44. The molecule has 1 saturated heterocycles. The van der Waals surface area contributed by atoms with Crippen molar-refractivity contribution >= 4 is 5.69 Å². The second-order valence-electron chi connectivity index (χ2n) is 9.62. The Morgan fingerprint density at radius 3 is 1.59 bits per heavy atom. The van der Waals surface area contributed by atoms with E-state index in [4.69, 9.17) is 18.9 Å². The quantitative estimate of drug-likeness (QED) is 0.252. The van der Waals surface area contributed by atoms with Crippen molar-refractivity contribution in [2.45, 2.75) is 50.5 Å². The molecular formula is C33H35NO5. The molecule has 0 bridgehead atoms. The number of aliphatic hydroxyl groups is 1. The molecular weight excluding hydrogens is 490 g/mol. The normalized spacial score (nSPS) is 22.8. The minimum atomic E-state index is -1.13. The first-order valence-corrected chi connectivity index (χ1v) is 13.3. The molecule has 1 aliphatic rings. The van der Waals surface area contributed by atoms with Gasteiger partial charge in [-0.15, -0.1) is 0 Å². The molecule has 1 heterocycles. The van der Waals surface area contributed by atoms with Crippen LogP contribution < -0.4 is 5.32 Å². The SMILES string of the molecule is O[C@@H]1O[C@H](COCc2ccccc2)[C@@H](OCc2ccccc2)[C@H](OCc2ccccc2)[C@H]1Nc1ccccc1. The maximum atomic E-state index is 11.2. The third-order valence-electron chi connectivity index (χ3n) is 6.74. The standard InChI is InChI=1S/C33H35NO5/c35-33-30(34-28-19-11-4-12-20-28)32(38-23-27-17-9-3-10-18-27)31(37-22-26-15-7-2-8-16-26)29(39-33)24-36-21-25-13-5-1-6-14-25/h1-20,29-35H,21-24H2/t29-,30-,31-,32-,33-/m1/s1. The second-order valence-corrected chi connectivity index (χ2v) is 9.62. The number of para-hydroxylation sites is 1. The van der Waals surface area contributed by atoms with E-state index < -0.39 is 30.6 Å². The van der Waals surface area contributed by atoms with Gasteiger partial charge in [0.25, 0.3) is 0 Å². The molecule has 4 aromatic rings. The number of ether oxygens (including phenoxy) is 4. The average molecular weight is 526 g/mol. The van der Waals surface area contributed by atoms with Gasteiger partial charge in [-0.1, -0.05) is 109 Å². The minimum absolute atomic E-state index is 0.245. The third-order valence-corrected chi connectivity index (χ3v) is 6.74. The molecule has 39 heavy (non-hydrogen) atoms. The van der Waals surface area contributed by atoms with Crippen LogP contribution in [0.5, 0.6) is 0 Å². The van der Waals surface area contributed by atoms with Gasteiger partial charge in [0.05, 0.1) is 26.4 Å². The summed E-state index contributed by atoms with van der Waals surface area (Å²) in [5, 5.41) is 14.6. The fraction of sp³-hybridized carbons (Fsp3) is 0.273. The zero-order valence-electron chi connectivity index (χ0n) is 21.8. The molecule has 0 amide bonds. The molecule has 6 nitrogen and oxygen atoms in total. The summed E-state index contributed by atoms with van der Waals surface area (Å²) in [5.74, 6) is 0. The molecule has 0 aromatic heterocycles. The first-order chi connectivity index (χ1) is 19.3. The molecule has 0 radical (unpaired) electrons. The molecule has 5 atom stereocenters. The van der Waals surface area contributed by atoms with Crippen LogP contribution >= 0.6 is 0 Å². The second kappa shape index (κ2) is 14.0. The first-order valence-electron chi connectivity index (χ1n) is 13.3. The number of nitrogens with one attached hydrogen (secondary N) is 1. The van der Waals surface area contributed by atoms with E-state index >= 15 is 0 Å². The summed E-state index contributed by atoms with van der Waals surface area (Å²) in [7, 11) is 0. The summed E-state index contributed by atoms with van der Waals surface area (Å²) in [6.45, 7) is 1.43. The van der Waals surface area contributed by atoms with Crippen LogP contribution in [-0.4, -0.2) is 42.4 Å². The van der Waals surface area contributed by atoms with Crippen molar-refractivity contribution in [2.75, 3.05) is 11.9 Å². The summed E-state index contributed by atoms with van der Waals surface area (Å²) in [6.07, 6.45) is -2.70. The van der Waals surface area contributed by atoms with Gasteiger partial charge in [0, 0.05) is 5.69 Å². The van der Waals surface area contributed by atoms with E-state index in [2.05, 4.69) is 5.32 Å². The van der Waals surface area contributed by atoms with Crippen LogP contribution in [0, 0.1) is 0 Å². The molecule has 4 aromatic carbocycles. The summed E-state index contributed by atoms with van der Waals surface area (Å²) in [6, 6.07) is 39.2. The van der Waals surface area contributed by atoms with Crippen LogP contribution in [0.2, 0.25) is 0 Å². The number of hydrogen-bond donors (Lipinski definition) is 2. The van der Waals surface area contributed by atoms with Crippen molar-refractivity contribution in [2.24, 2.45) is 0 Å². The van der Waals surface area contributed by atoms with E-state index in [1.807, 2.05) is 121 Å². The van der Waals surface area contributed by atoms with E-state index in [0.29, 0.717) is 19.8 Å². The van der Waals surface area contributed by atoms with Crippen molar-refractivity contribution < 1.29 is 24.1 Å². The fourth-order valence-corrected chi connectivity index (χ4v) is 4.73. The Morgan fingerprint density at radius 2 is 1.05 bits per heavy atom. The van der Waals surface area contributed by atoms with Gasteiger partial charge in [-0.3, -0.25) is 0 Å². The minimum Gasteiger partial charge on any atom is -0.375 e. The Kier molecular flexibility index (Phi) is 9.74. The number of rotatable bonds is 12. The van der Waals surface area contributed by atoms with Gasteiger partial charge in [-0.2, -0.15) is 0 Å². The highest BCUT2D eigenvalue weighted by Crippen LogP contribution is 2.29. The molecule has 1 aliphatic heterocycles. The highest BCUT2D eigenvalue weighted by atomic mass is 16.7. The Morgan fingerprint density at radius 1 is 0.590 bits per heavy atom. The van der Waals surface area contributed by atoms with E-state index in [1.165, 1.54) is 0 Å². The number of hydrogen-bond acceptors (Lipinski definition) is 6. The average Bonchev–Trinajstić information content (AvgIpc) is 2.99. The summed E-state index contributed by atoms with van der Waals surface area (Å²) in [5.41, 5.74) is 4.01. The van der Waals surface area contributed by atoms with Crippen molar-refractivity contribution in [3.63, 3.8) is 0 Å². The zero-order valence-corrected chi connectivity index (χ0v) is 21.8. The van der Waals surface area contributed by atoms with E-state index in [1.54, 1.807) is 0 Å². The Bertz CT molecular complexity index is 1230. The summed E-state index contributed by atoms with van der Waals surface area (Å²) < 4.78 is 25.3. The van der Waals surface area contributed by atoms with E-state index in [-0.39, 0.29) is 6.61 Å². The van der Waals surface area contributed by atoms with Crippen molar-refractivity contribution in [3.05, 3.63) is 138 Å². The van der Waals surface area contributed by atoms with Gasteiger partial charge in [-0.25, -0.2) is 0 Å². The topological polar surface area (TPSA) is 69.2 Å². The lowest BCUT2D eigenvalue weighted by Gasteiger charge is -2.45. The Balaban J connectivity index is 1.38. The molecule has 0 saturated carbocycles. The first kappa shape index (κ1) is 27.1. The molecule has 1 fully saturated rings. The monoisotopic (exact) mass is 525 g/mol. The van der Waals surface area contributed by atoms with Gasteiger partial charge < -0.3 is 29.4 Å². The summed E-state index contributed by atoms with van der Waals surface area (Å²) >= 11 is 0. The van der Waals surface area contributed by atoms with Gasteiger partial charge >= 0.3 is 0 Å². The third kappa shape index (κ3) is 7.76. The van der Waals surface area contributed by atoms with E-state index in [9.17, 15) is 5.11 Å². The van der Waals surface area contributed by atoms with Crippen molar-refractivity contribution in [1.29, 1.82) is 0 Å². The molecule has 0 unspecified atom stereocenters. The van der Waals surface area contributed by atoms with Crippen LogP contribution in [0.25, 0.3) is 0 Å². The summed E-state index contributed by atoms with van der Waals surface area (Å²) in [4.78, 5) is 0. The number of benzene rings is 4. The number of aliphatic hydroxyl groups excluding tert-OH is 1. The van der Waals surface area contributed by atoms with Crippen LogP contribution in [0.4, 0.5) is 5.69 Å². The van der Waals surface area contributed by atoms with Crippen molar-refractivity contribution in [3.8, 4) is 0 Å². The Labute approximate surface area is 230 Å². The molecule has 202 valence electrons. The lowest BCUT2D eigenvalue weighted by molar-refractivity contribution is -0.270. The highest BCUT2D eigenvalue weighted by Gasteiger charge is 2.47. The lowest BCUT2D eigenvalue weighted by atomic mass is 9.95. The lowest BCUT2D eigenvalue weighted by Crippen LogP contribution is -2.62. The molecule has 5 rings (SSSR count). The van der Waals surface area contributed by atoms with Gasteiger partial charge in [0.2, 0.25) is 0 Å². The largest absolute Gasteiger partial charge is 0.375 e. The van der Waals surface area contributed by atoms with Gasteiger partial charge in [-0.05, 0) is 28.8 Å². The molecule has 0 aliphatic carbocycles. The van der Waals surface area contributed by atoms with Crippen molar-refractivity contribution in [1.82, 2.24) is 0 Å². The van der Waals surface area contributed by atoms with Crippen LogP contribution in [0.3, 0.4) is 0 Å². The molecule has 2 N–H and O–H groups in total. The maximum absolute atomic E-state index is 11.2. The zero-order chi connectivity index (χ0) is 26.7. The molecule has 0 spiro atoms. The van der Waals surface area contributed by atoms with Gasteiger partial charge in [0.15, 0.2) is 6.29 Å². The van der Waals surface area contributed by atoms with Crippen LogP contribution in [-0.2, 0) is 38.8 Å². The smallest absolute Gasteiger partial charge is 0.178 e.